The van der Waals surface area contributed by atoms with Crippen LogP contribution in [-0.2, 0) is 6.42 Å². The molecule has 3 heterocycles. The molecule has 1 N–H and O–H groups in total. The van der Waals surface area contributed by atoms with Crippen molar-refractivity contribution in [1.29, 1.82) is 0 Å². The second kappa shape index (κ2) is 4.86. The summed E-state index contributed by atoms with van der Waals surface area (Å²) in [6.07, 6.45) is 5.48. The molecule has 102 valence electrons. The molecule has 0 saturated carbocycles. The third kappa shape index (κ3) is 2.03. The van der Waals surface area contributed by atoms with Crippen molar-refractivity contribution in [3.8, 4) is 0 Å². The van der Waals surface area contributed by atoms with E-state index in [9.17, 15) is 0 Å². The lowest BCUT2D eigenvalue weighted by Crippen LogP contribution is -2.16. The molecule has 0 saturated heterocycles. The molecule has 0 radical (unpaired) electrons. The quantitative estimate of drug-likeness (QED) is 0.759. The average Bonchev–Trinajstić information content (AvgIpc) is 3.06. The van der Waals surface area contributed by atoms with Crippen molar-refractivity contribution in [2.45, 2.75) is 25.3 Å². The van der Waals surface area contributed by atoms with E-state index in [-0.39, 0.29) is 0 Å². The number of anilines is 1. The van der Waals surface area contributed by atoms with E-state index in [1.165, 1.54) is 23.3 Å². The monoisotopic (exact) mass is 348 g/mol. The fourth-order valence-corrected chi connectivity index (χ4v) is 4.14. The van der Waals surface area contributed by atoms with Gasteiger partial charge >= 0.3 is 0 Å². The van der Waals surface area contributed by atoms with Gasteiger partial charge in [-0.3, -0.25) is 0 Å². The SMILES string of the molecule is Brc1cccn2nc(NC3CCCc4sccc43)nc12. The third-order valence-corrected chi connectivity index (χ3v) is 5.29. The summed E-state index contributed by atoms with van der Waals surface area (Å²) in [6, 6.07) is 6.49. The Hall–Kier alpha value is -1.40. The van der Waals surface area contributed by atoms with Crippen LogP contribution < -0.4 is 5.32 Å². The van der Waals surface area contributed by atoms with Crippen LogP contribution in [0.2, 0.25) is 0 Å². The summed E-state index contributed by atoms with van der Waals surface area (Å²) in [5, 5.41) is 10.2. The molecule has 0 fully saturated rings. The Kier molecular flexibility index (Phi) is 3.00. The summed E-state index contributed by atoms with van der Waals surface area (Å²) in [5.74, 6) is 0.695. The van der Waals surface area contributed by atoms with Crippen LogP contribution in [0.5, 0.6) is 0 Å². The van der Waals surface area contributed by atoms with Crippen molar-refractivity contribution in [2.75, 3.05) is 5.32 Å². The maximum atomic E-state index is 4.56. The minimum atomic E-state index is 0.334. The molecule has 3 aromatic rings. The summed E-state index contributed by atoms with van der Waals surface area (Å²) in [4.78, 5) is 6.06. The first-order valence-corrected chi connectivity index (χ1v) is 8.32. The van der Waals surface area contributed by atoms with Crippen molar-refractivity contribution in [1.82, 2.24) is 14.6 Å². The van der Waals surface area contributed by atoms with Gasteiger partial charge < -0.3 is 5.32 Å². The zero-order valence-corrected chi connectivity index (χ0v) is 13.1. The van der Waals surface area contributed by atoms with Gasteiger partial charge in [0, 0.05) is 11.1 Å². The molecule has 4 rings (SSSR count). The van der Waals surface area contributed by atoms with Crippen LogP contribution in [0.4, 0.5) is 5.95 Å². The lowest BCUT2D eigenvalue weighted by atomic mass is 9.94. The number of pyridine rings is 1. The van der Waals surface area contributed by atoms with Crippen molar-refractivity contribution < 1.29 is 0 Å². The zero-order valence-electron chi connectivity index (χ0n) is 10.7. The van der Waals surface area contributed by atoms with Crippen LogP contribution in [0, 0.1) is 0 Å². The van der Waals surface area contributed by atoms with Gasteiger partial charge in [0.1, 0.15) is 0 Å². The van der Waals surface area contributed by atoms with Crippen LogP contribution in [0.1, 0.15) is 29.3 Å². The van der Waals surface area contributed by atoms with E-state index in [1.54, 1.807) is 4.52 Å². The largest absolute Gasteiger partial charge is 0.346 e. The molecular weight excluding hydrogens is 336 g/mol. The molecule has 20 heavy (non-hydrogen) atoms. The van der Waals surface area contributed by atoms with Gasteiger partial charge in [-0.05, 0) is 64.3 Å². The van der Waals surface area contributed by atoms with Crippen molar-refractivity contribution in [2.24, 2.45) is 0 Å². The summed E-state index contributed by atoms with van der Waals surface area (Å²) in [5.41, 5.74) is 2.26. The van der Waals surface area contributed by atoms with E-state index in [1.807, 2.05) is 29.7 Å². The molecule has 6 heteroatoms. The highest BCUT2D eigenvalue weighted by molar-refractivity contribution is 9.10. The Morgan fingerprint density at radius 1 is 1.40 bits per heavy atom. The number of hydrogen-bond acceptors (Lipinski definition) is 4. The van der Waals surface area contributed by atoms with E-state index < -0.39 is 0 Å². The van der Waals surface area contributed by atoms with Gasteiger partial charge in [0.05, 0.1) is 10.5 Å². The Bertz CT molecular complexity index is 763. The van der Waals surface area contributed by atoms with Crippen molar-refractivity contribution in [3.63, 3.8) is 0 Å². The number of aryl methyl sites for hydroxylation is 1. The normalized spacial score (nSPS) is 18.1. The fourth-order valence-electron chi connectivity index (χ4n) is 2.73. The van der Waals surface area contributed by atoms with Crippen LogP contribution in [-0.4, -0.2) is 14.6 Å². The molecule has 3 aromatic heterocycles. The molecule has 4 nitrogen and oxygen atoms in total. The standard InChI is InChI=1S/C14H13BrN4S/c15-10-3-2-7-19-13(10)17-14(18-19)16-11-4-1-5-12-9(11)6-8-20-12/h2-3,6-8,11H,1,4-5H2,(H,16,18). The number of fused-ring (bicyclic) bond motifs is 2. The molecule has 0 aliphatic heterocycles. The minimum Gasteiger partial charge on any atom is -0.346 e. The van der Waals surface area contributed by atoms with Crippen LogP contribution in [0.25, 0.3) is 5.65 Å². The Morgan fingerprint density at radius 2 is 2.35 bits per heavy atom. The number of halogens is 1. The highest BCUT2D eigenvalue weighted by Gasteiger charge is 2.22. The highest BCUT2D eigenvalue weighted by atomic mass is 79.9. The second-order valence-electron chi connectivity index (χ2n) is 4.95. The van der Waals surface area contributed by atoms with Crippen LogP contribution in [0.3, 0.4) is 0 Å². The third-order valence-electron chi connectivity index (χ3n) is 3.67. The van der Waals surface area contributed by atoms with E-state index in [4.69, 9.17) is 0 Å². The van der Waals surface area contributed by atoms with Gasteiger partial charge in [0.25, 0.3) is 0 Å². The summed E-state index contributed by atoms with van der Waals surface area (Å²) in [7, 11) is 0. The average molecular weight is 349 g/mol. The first kappa shape index (κ1) is 12.3. The summed E-state index contributed by atoms with van der Waals surface area (Å²) >= 11 is 5.36. The zero-order chi connectivity index (χ0) is 13.5. The molecule has 1 aliphatic rings. The smallest absolute Gasteiger partial charge is 0.243 e. The maximum Gasteiger partial charge on any atom is 0.243 e. The molecule has 1 aliphatic carbocycles. The van der Waals surface area contributed by atoms with Crippen molar-refractivity contribution >= 4 is 38.9 Å². The number of thiophene rings is 1. The first-order chi connectivity index (χ1) is 9.81. The second-order valence-corrected chi connectivity index (χ2v) is 6.80. The van der Waals surface area contributed by atoms with Crippen LogP contribution in [0.15, 0.2) is 34.2 Å². The molecular formula is C14H13BrN4S. The Balaban J connectivity index is 1.67. The molecule has 1 atom stereocenters. The lowest BCUT2D eigenvalue weighted by Gasteiger charge is -2.22. The number of hydrogen-bond donors (Lipinski definition) is 1. The predicted octanol–water partition coefficient (Wildman–Crippen LogP) is 4.04. The van der Waals surface area contributed by atoms with E-state index in [0.29, 0.717) is 12.0 Å². The van der Waals surface area contributed by atoms with Gasteiger partial charge in [-0.2, -0.15) is 4.98 Å². The maximum absolute atomic E-state index is 4.56. The van der Waals surface area contributed by atoms with Gasteiger partial charge in [-0.15, -0.1) is 16.4 Å². The Morgan fingerprint density at radius 3 is 3.25 bits per heavy atom. The number of aromatic nitrogens is 3. The number of nitrogens with one attached hydrogen (secondary N) is 1. The van der Waals surface area contributed by atoms with E-state index in [2.05, 4.69) is 42.8 Å². The number of rotatable bonds is 2. The molecule has 0 amide bonds. The topological polar surface area (TPSA) is 42.2 Å². The Labute approximate surface area is 129 Å². The van der Waals surface area contributed by atoms with Gasteiger partial charge in [0.2, 0.25) is 5.95 Å². The van der Waals surface area contributed by atoms with Gasteiger partial charge in [-0.1, -0.05) is 0 Å². The number of nitrogens with zero attached hydrogens (tertiary/aromatic N) is 3. The highest BCUT2D eigenvalue weighted by Crippen LogP contribution is 2.35. The van der Waals surface area contributed by atoms with Crippen LogP contribution >= 0.6 is 27.3 Å². The lowest BCUT2D eigenvalue weighted by molar-refractivity contribution is 0.604. The van der Waals surface area contributed by atoms with E-state index >= 15 is 0 Å². The summed E-state index contributed by atoms with van der Waals surface area (Å²) in [6.45, 7) is 0. The summed E-state index contributed by atoms with van der Waals surface area (Å²) < 4.78 is 2.75. The first-order valence-electron chi connectivity index (χ1n) is 6.65. The van der Waals surface area contributed by atoms with Crippen molar-refractivity contribution in [3.05, 3.63) is 44.7 Å². The minimum absolute atomic E-state index is 0.334. The van der Waals surface area contributed by atoms with Gasteiger partial charge in [0.15, 0.2) is 5.65 Å². The molecule has 0 bridgehead atoms. The molecule has 0 aromatic carbocycles. The van der Waals surface area contributed by atoms with Gasteiger partial charge in [-0.25, -0.2) is 4.52 Å². The fraction of sp³-hybridized carbons (Fsp3) is 0.286. The molecule has 0 spiro atoms. The van der Waals surface area contributed by atoms with E-state index in [0.717, 1.165) is 16.5 Å². The molecule has 1 unspecified atom stereocenters. The predicted molar refractivity (Wildman–Crippen MR) is 84.3 cm³/mol.